The molecule has 8 nitrogen and oxygen atoms in total. The highest BCUT2D eigenvalue weighted by Crippen LogP contribution is 2.32. The van der Waals surface area contributed by atoms with Gasteiger partial charge in [-0.05, 0) is 59.9 Å². The highest BCUT2D eigenvalue weighted by atomic mass is 19.1. The van der Waals surface area contributed by atoms with Gasteiger partial charge in [-0.1, -0.05) is 24.3 Å². The number of aromatic nitrogens is 3. The van der Waals surface area contributed by atoms with Crippen LogP contribution in [0.1, 0.15) is 38.8 Å². The minimum Gasteiger partial charge on any atom is -0.376 e. The maximum absolute atomic E-state index is 13.8. The van der Waals surface area contributed by atoms with E-state index in [2.05, 4.69) is 20.3 Å². The van der Waals surface area contributed by atoms with E-state index >= 15 is 0 Å². The number of anilines is 1. The maximum atomic E-state index is 13.8. The minimum absolute atomic E-state index is 0.246. The van der Waals surface area contributed by atoms with Crippen LogP contribution in [-0.2, 0) is 29.0 Å². The fourth-order valence-corrected chi connectivity index (χ4v) is 4.47. The molecule has 4 aromatic rings. The van der Waals surface area contributed by atoms with Crippen LogP contribution < -0.4 is 10.2 Å². The summed E-state index contributed by atoms with van der Waals surface area (Å²) in [6.45, 7) is 1.35. The molecule has 1 unspecified atom stereocenters. The van der Waals surface area contributed by atoms with E-state index in [-0.39, 0.29) is 24.0 Å². The lowest BCUT2D eigenvalue weighted by molar-refractivity contribution is -0.122. The average molecular weight is 500 g/mol. The van der Waals surface area contributed by atoms with Gasteiger partial charge >= 0.3 is 0 Å². The van der Waals surface area contributed by atoms with Gasteiger partial charge in [0.1, 0.15) is 17.6 Å². The molecule has 5 rings (SSSR count). The summed E-state index contributed by atoms with van der Waals surface area (Å²) < 4.78 is 19.2. The number of nitrogens with zero attached hydrogens (tertiary/aromatic N) is 3. The third-order valence-corrected chi connectivity index (χ3v) is 6.30. The molecule has 0 bridgehead atoms. The van der Waals surface area contributed by atoms with Gasteiger partial charge in [0.05, 0.1) is 25.7 Å². The van der Waals surface area contributed by atoms with Gasteiger partial charge in [0.15, 0.2) is 0 Å². The Balaban J connectivity index is 1.50. The largest absolute Gasteiger partial charge is 0.376 e. The first kappa shape index (κ1) is 24.3. The summed E-state index contributed by atoms with van der Waals surface area (Å²) in [5.74, 6) is -1.13. The molecule has 9 heteroatoms. The molecule has 188 valence electrons. The summed E-state index contributed by atoms with van der Waals surface area (Å²) in [7, 11) is 0. The first-order valence-corrected chi connectivity index (χ1v) is 12.0. The Morgan fingerprint density at radius 1 is 1.08 bits per heavy atom. The Morgan fingerprint density at radius 3 is 2.78 bits per heavy atom. The second-order valence-electron chi connectivity index (χ2n) is 8.76. The maximum Gasteiger partial charge on any atom is 0.277 e. The average Bonchev–Trinajstić information content (AvgIpc) is 3.47. The van der Waals surface area contributed by atoms with Crippen molar-refractivity contribution in [1.29, 1.82) is 0 Å². The van der Waals surface area contributed by atoms with E-state index in [0.29, 0.717) is 30.9 Å². The number of nitrogens with one attached hydrogen (secondary N) is 2. The Labute approximate surface area is 213 Å². The van der Waals surface area contributed by atoms with E-state index in [4.69, 9.17) is 4.74 Å². The molecule has 37 heavy (non-hydrogen) atoms. The number of rotatable bonds is 8. The number of benzene rings is 2. The molecule has 2 N–H and O–H groups in total. The van der Waals surface area contributed by atoms with Gasteiger partial charge in [-0.25, -0.2) is 9.37 Å². The molecule has 3 heterocycles. The summed E-state index contributed by atoms with van der Waals surface area (Å²) in [5, 5.41) is 2.93. The van der Waals surface area contributed by atoms with Gasteiger partial charge in [0.25, 0.3) is 5.91 Å². The number of hydrogen-bond acceptors (Lipinski definition) is 5. The van der Waals surface area contributed by atoms with Gasteiger partial charge in [-0.2, -0.15) is 0 Å². The van der Waals surface area contributed by atoms with Gasteiger partial charge in [0.2, 0.25) is 5.91 Å². The molecule has 0 aliphatic carbocycles. The zero-order valence-corrected chi connectivity index (χ0v) is 20.1. The quantitative estimate of drug-likeness (QED) is 0.385. The lowest BCUT2D eigenvalue weighted by atomic mass is 9.99. The molecule has 1 aliphatic heterocycles. The molecule has 1 aliphatic rings. The summed E-state index contributed by atoms with van der Waals surface area (Å²) in [6, 6.07) is 14.4. The number of halogens is 1. The van der Waals surface area contributed by atoms with Crippen molar-refractivity contribution in [3.63, 3.8) is 0 Å². The fourth-order valence-electron chi connectivity index (χ4n) is 4.47. The Morgan fingerprint density at radius 2 is 2.00 bits per heavy atom. The second kappa shape index (κ2) is 11.1. The summed E-state index contributed by atoms with van der Waals surface area (Å²) in [5.41, 5.74) is 4.24. The molecule has 0 radical (unpaired) electrons. The normalized spacial score (nSPS) is 13.4. The lowest BCUT2D eigenvalue weighted by Gasteiger charge is -2.32. The molecule has 2 aromatic carbocycles. The van der Waals surface area contributed by atoms with Crippen molar-refractivity contribution in [3.8, 4) is 0 Å². The molecular formula is C28H26FN5O3. The van der Waals surface area contributed by atoms with E-state index in [0.717, 1.165) is 23.1 Å². The monoisotopic (exact) mass is 499 g/mol. The van der Waals surface area contributed by atoms with E-state index in [1.165, 1.54) is 29.6 Å². The zero-order valence-electron chi connectivity index (χ0n) is 20.1. The number of carbonyl (C=O) groups is 2. The highest BCUT2D eigenvalue weighted by Gasteiger charge is 2.34. The number of H-pyrrole nitrogens is 1. The standard InChI is InChI=1S/C28H26FN5O3/c29-23-5-1-3-19(13-23)8-11-32-27(35)26(21-4-2-10-30-15-21)34(28(36)25-16-31-18-33-25)24-7-6-20-9-12-37-17-22(20)14-24/h1-7,10,13-16,18,26H,8-9,11-12,17H2,(H,31,33)(H,32,35). The van der Waals surface area contributed by atoms with Crippen molar-refractivity contribution >= 4 is 17.5 Å². The molecular weight excluding hydrogens is 473 g/mol. The predicted molar refractivity (Wildman–Crippen MR) is 135 cm³/mol. The third kappa shape index (κ3) is 5.57. The van der Waals surface area contributed by atoms with E-state index in [1.807, 2.05) is 18.2 Å². The van der Waals surface area contributed by atoms with Crippen LogP contribution in [0.5, 0.6) is 0 Å². The molecule has 0 saturated heterocycles. The van der Waals surface area contributed by atoms with Gasteiger partial charge in [-0.3, -0.25) is 19.5 Å². The molecule has 0 spiro atoms. The summed E-state index contributed by atoms with van der Waals surface area (Å²) in [4.78, 5) is 40.0. The summed E-state index contributed by atoms with van der Waals surface area (Å²) in [6.07, 6.45) is 7.26. The van der Waals surface area contributed by atoms with Crippen molar-refractivity contribution in [2.24, 2.45) is 0 Å². The topological polar surface area (TPSA) is 100 Å². The van der Waals surface area contributed by atoms with E-state index in [1.54, 1.807) is 36.7 Å². The highest BCUT2D eigenvalue weighted by molar-refractivity contribution is 6.09. The molecule has 1 atom stereocenters. The molecule has 2 aromatic heterocycles. The Bertz CT molecular complexity index is 1380. The Hall–Kier alpha value is -4.37. The smallest absolute Gasteiger partial charge is 0.277 e. The Kier molecular flexibility index (Phi) is 7.32. The van der Waals surface area contributed by atoms with Gasteiger partial charge in [-0.15, -0.1) is 0 Å². The van der Waals surface area contributed by atoms with Crippen LogP contribution in [0.25, 0.3) is 0 Å². The number of carbonyl (C=O) groups excluding carboxylic acids is 2. The van der Waals surface area contributed by atoms with Crippen LogP contribution in [0.15, 0.2) is 79.5 Å². The van der Waals surface area contributed by atoms with Crippen molar-refractivity contribution < 1.29 is 18.7 Å². The molecule has 0 saturated carbocycles. The molecule has 2 amide bonds. The first-order chi connectivity index (χ1) is 18.1. The van der Waals surface area contributed by atoms with Crippen molar-refractivity contribution in [2.75, 3.05) is 18.1 Å². The predicted octanol–water partition coefficient (Wildman–Crippen LogP) is 3.76. The third-order valence-electron chi connectivity index (χ3n) is 6.30. The van der Waals surface area contributed by atoms with Crippen LogP contribution in [0.3, 0.4) is 0 Å². The number of hydrogen-bond donors (Lipinski definition) is 2. The van der Waals surface area contributed by atoms with E-state index in [9.17, 15) is 14.0 Å². The second-order valence-corrected chi connectivity index (χ2v) is 8.76. The lowest BCUT2D eigenvalue weighted by Crippen LogP contribution is -2.44. The van der Waals surface area contributed by atoms with Crippen LogP contribution in [0.4, 0.5) is 10.1 Å². The van der Waals surface area contributed by atoms with Gasteiger partial charge < -0.3 is 15.0 Å². The van der Waals surface area contributed by atoms with Crippen molar-refractivity contribution in [2.45, 2.75) is 25.5 Å². The number of imidazole rings is 1. The number of amides is 2. The van der Waals surface area contributed by atoms with Crippen LogP contribution in [0.2, 0.25) is 0 Å². The van der Waals surface area contributed by atoms with Gasteiger partial charge in [0, 0.05) is 30.2 Å². The van der Waals surface area contributed by atoms with Crippen molar-refractivity contribution in [3.05, 3.63) is 113 Å². The van der Waals surface area contributed by atoms with Crippen LogP contribution in [0, 0.1) is 5.82 Å². The molecule has 0 fully saturated rings. The van der Waals surface area contributed by atoms with Crippen LogP contribution >= 0.6 is 0 Å². The SMILES string of the molecule is O=C(NCCc1cccc(F)c1)C(c1cccnc1)N(C(=O)c1cnc[nH]1)c1ccc2c(c1)COCC2. The number of fused-ring (bicyclic) bond motifs is 1. The number of aromatic amines is 1. The number of pyridine rings is 1. The van der Waals surface area contributed by atoms with Crippen LogP contribution in [-0.4, -0.2) is 39.9 Å². The first-order valence-electron chi connectivity index (χ1n) is 12.0. The minimum atomic E-state index is -1.01. The summed E-state index contributed by atoms with van der Waals surface area (Å²) >= 11 is 0. The van der Waals surface area contributed by atoms with Crippen molar-refractivity contribution in [1.82, 2.24) is 20.3 Å². The number of ether oxygens (including phenoxy) is 1. The fraction of sp³-hybridized carbons (Fsp3) is 0.214. The zero-order chi connectivity index (χ0) is 25.6. The van der Waals surface area contributed by atoms with E-state index < -0.39 is 11.9 Å².